The van der Waals surface area contributed by atoms with Crippen LogP contribution in [0.25, 0.3) is 0 Å². The number of carbonyl (C=O) groups excluding carboxylic acids is 1. The predicted octanol–water partition coefficient (Wildman–Crippen LogP) is 1.39. The maximum Gasteiger partial charge on any atom is 0.311 e. The summed E-state index contributed by atoms with van der Waals surface area (Å²) in [7, 11) is 0. The Morgan fingerprint density at radius 2 is 2.00 bits per heavy atom. The molecule has 0 heterocycles. The first kappa shape index (κ1) is 10.4. The van der Waals surface area contributed by atoms with Gasteiger partial charge >= 0.3 is 5.97 Å². The van der Waals surface area contributed by atoms with E-state index in [1.165, 1.54) is 0 Å². The summed E-state index contributed by atoms with van der Waals surface area (Å²) in [6.07, 6.45) is 0.442. The summed E-state index contributed by atoms with van der Waals surface area (Å²) in [5.41, 5.74) is 0. The zero-order chi connectivity index (χ0) is 8.85. The minimum absolute atomic E-state index is 0.122. The van der Waals surface area contributed by atoms with Crippen LogP contribution in [0.15, 0.2) is 0 Å². The second-order valence-electron chi connectivity index (χ2n) is 2.76. The lowest BCUT2D eigenvalue weighted by Gasteiger charge is -2.12. The van der Waals surface area contributed by atoms with E-state index in [0.29, 0.717) is 6.42 Å². The van der Waals surface area contributed by atoms with Crippen molar-refractivity contribution in [2.24, 2.45) is 5.92 Å². The van der Waals surface area contributed by atoms with Gasteiger partial charge in [-0.1, -0.05) is 6.92 Å². The van der Waals surface area contributed by atoms with Gasteiger partial charge in [0.1, 0.15) is 0 Å². The highest BCUT2D eigenvalue weighted by Gasteiger charge is 2.18. The molecule has 0 aliphatic rings. The van der Waals surface area contributed by atoms with Crippen molar-refractivity contribution in [1.82, 2.24) is 0 Å². The Hall–Kier alpha value is -0.570. The molecular weight excluding hydrogens is 144 g/mol. The largest absolute Gasteiger partial charge is 0.463 e. The van der Waals surface area contributed by atoms with E-state index in [9.17, 15) is 9.90 Å². The van der Waals surface area contributed by atoms with Crippen LogP contribution in [0, 0.1) is 5.92 Å². The predicted molar refractivity (Wildman–Crippen MR) is 40.6 cm³/mol. The zero-order valence-electron chi connectivity index (χ0n) is 7.29. The lowest BCUT2D eigenvalue weighted by Crippen LogP contribution is -2.22. The third-order valence-corrected chi connectivity index (χ3v) is 1.38. The van der Waals surface area contributed by atoms with E-state index >= 15 is 0 Å². The molecule has 0 rings (SSSR count). The van der Waals surface area contributed by atoms with E-state index in [2.05, 4.69) is 0 Å². The molecule has 0 aromatic carbocycles. The van der Waals surface area contributed by atoms with E-state index in [-0.39, 0.29) is 18.7 Å². The molecule has 3 heteroatoms. The summed E-state index contributed by atoms with van der Waals surface area (Å²) < 4.78 is 4.86. The number of esters is 1. The van der Waals surface area contributed by atoms with Crippen molar-refractivity contribution in [3.8, 4) is 0 Å². The molecule has 0 saturated carbocycles. The molecule has 3 nitrogen and oxygen atoms in total. The van der Waals surface area contributed by atoms with Crippen LogP contribution in [0.4, 0.5) is 0 Å². The number of carbonyl (C=O) groups is 1. The maximum absolute atomic E-state index is 11.0. The molecule has 65 valence electrons. The Labute approximate surface area is 67.4 Å². The Kier molecular flexibility index (Phi) is 4.86. The second-order valence-corrected chi connectivity index (χ2v) is 2.76. The fourth-order valence-electron chi connectivity index (χ4n) is 0.681. The van der Waals surface area contributed by atoms with Crippen molar-refractivity contribution < 1.29 is 14.6 Å². The molecule has 0 aliphatic carbocycles. The monoisotopic (exact) mass is 159 g/mol. The fourth-order valence-corrected chi connectivity index (χ4v) is 0.681. The van der Waals surface area contributed by atoms with Gasteiger partial charge in [-0.25, -0.2) is 5.11 Å². The number of hydrogen-bond donors (Lipinski definition) is 0. The third kappa shape index (κ3) is 3.98. The van der Waals surface area contributed by atoms with Crippen molar-refractivity contribution in [2.45, 2.75) is 33.3 Å². The third-order valence-electron chi connectivity index (χ3n) is 1.38. The molecule has 1 unspecified atom stereocenters. The molecule has 1 atom stereocenters. The quantitative estimate of drug-likeness (QED) is 0.582. The van der Waals surface area contributed by atoms with E-state index in [1.54, 1.807) is 13.8 Å². The second kappa shape index (κ2) is 5.13. The van der Waals surface area contributed by atoms with Crippen molar-refractivity contribution >= 4 is 5.97 Å². The lowest BCUT2D eigenvalue weighted by molar-refractivity contribution is -0.154. The van der Waals surface area contributed by atoms with Crippen LogP contribution in [-0.2, 0) is 14.6 Å². The van der Waals surface area contributed by atoms with E-state index in [0.717, 1.165) is 0 Å². The SMILES string of the molecule is CCC(C[O])C(=O)OC(C)C. The van der Waals surface area contributed by atoms with Gasteiger partial charge in [-0.2, -0.15) is 0 Å². The minimum atomic E-state index is -0.461. The fraction of sp³-hybridized carbons (Fsp3) is 0.875. The Morgan fingerprint density at radius 3 is 2.27 bits per heavy atom. The Balaban J connectivity index is 3.79. The molecule has 0 spiro atoms. The van der Waals surface area contributed by atoms with Gasteiger partial charge in [0.2, 0.25) is 0 Å². The number of hydrogen-bond acceptors (Lipinski definition) is 2. The molecule has 0 amide bonds. The van der Waals surface area contributed by atoms with Crippen LogP contribution in [0.2, 0.25) is 0 Å². The van der Waals surface area contributed by atoms with Gasteiger partial charge in [0.05, 0.1) is 18.6 Å². The molecule has 0 N–H and O–H groups in total. The first-order chi connectivity index (χ1) is 5.11. The summed E-state index contributed by atoms with van der Waals surface area (Å²) in [4.78, 5) is 11.0. The normalized spacial score (nSPS) is 13.2. The van der Waals surface area contributed by atoms with Crippen LogP contribution >= 0.6 is 0 Å². The smallest absolute Gasteiger partial charge is 0.311 e. The summed E-state index contributed by atoms with van der Waals surface area (Å²) >= 11 is 0. The molecule has 0 fully saturated rings. The lowest BCUT2D eigenvalue weighted by atomic mass is 10.1. The van der Waals surface area contributed by atoms with E-state index < -0.39 is 5.92 Å². The minimum Gasteiger partial charge on any atom is -0.463 e. The average Bonchev–Trinajstić information content (AvgIpc) is 1.88. The number of rotatable bonds is 4. The van der Waals surface area contributed by atoms with Crippen molar-refractivity contribution in [2.75, 3.05) is 6.61 Å². The highest BCUT2D eigenvalue weighted by atomic mass is 16.5. The summed E-state index contributed by atoms with van der Waals surface area (Å²) in [6.45, 7) is 4.98. The van der Waals surface area contributed by atoms with Gasteiger partial charge < -0.3 is 4.74 Å². The van der Waals surface area contributed by atoms with Gasteiger partial charge in [0.15, 0.2) is 0 Å². The molecule has 0 aromatic heterocycles. The number of ether oxygens (including phenoxy) is 1. The molecule has 0 aromatic rings. The summed E-state index contributed by atoms with van der Waals surface area (Å²) in [6, 6.07) is 0. The van der Waals surface area contributed by atoms with Gasteiger partial charge in [-0.3, -0.25) is 4.79 Å². The molecular formula is C8H15O3. The zero-order valence-corrected chi connectivity index (χ0v) is 7.29. The molecule has 0 bridgehead atoms. The van der Waals surface area contributed by atoms with Crippen molar-refractivity contribution in [1.29, 1.82) is 0 Å². The molecule has 11 heavy (non-hydrogen) atoms. The highest BCUT2D eigenvalue weighted by Crippen LogP contribution is 2.05. The van der Waals surface area contributed by atoms with Gasteiger partial charge in [0.25, 0.3) is 0 Å². The first-order valence-corrected chi connectivity index (χ1v) is 3.90. The molecule has 1 radical (unpaired) electrons. The first-order valence-electron chi connectivity index (χ1n) is 3.90. The van der Waals surface area contributed by atoms with Crippen LogP contribution < -0.4 is 0 Å². The topological polar surface area (TPSA) is 46.2 Å². The van der Waals surface area contributed by atoms with Crippen LogP contribution in [0.5, 0.6) is 0 Å². The van der Waals surface area contributed by atoms with Gasteiger partial charge in [-0.15, -0.1) is 0 Å². The van der Waals surface area contributed by atoms with Crippen LogP contribution in [0.1, 0.15) is 27.2 Å². The Morgan fingerprint density at radius 1 is 1.45 bits per heavy atom. The average molecular weight is 159 g/mol. The highest BCUT2D eigenvalue weighted by molar-refractivity contribution is 5.72. The van der Waals surface area contributed by atoms with E-state index in [4.69, 9.17) is 4.74 Å². The van der Waals surface area contributed by atoms with E-state index in [1.807, 2.05) is 6.92 Å². The van der Waals surface area contributed by atoms with Crippen molar-refractivity contribution in [3.63, 3.8) is 0 Å². The standard InChI is InChI=1S/C8H15O3/c1-4-7(5-9)8(10)11-6(2)3/h6-7H,4-5H2,1-3H3. The van der Waals surface area contributed by atoms with Crippen molar-refractivity contribution in [3.05, 3.63) is 0 Å². The summed E-state index contributed by atoms with van der Waals surface area (Å²) in [5.74, 6) is -0.824. The molecule has 0 saturated heterocycles. The summed E-state index contributed by atoms with van der Waals surface area (Å²) in [5, 5.41) is 10.4. The Bertz CT molecular complexity index is 117. The molecule has 0 aliphatic heterocycles. The van der Waals surface area contributed by atoms with Gasteiger partial charge in [-0.05, 0) is 20.3 Å². The van der Waals surface area contributed by atoms with Crippen LogP contribution in [-0.4, -0.2) is 18.7 Å². The van der Waals surface area contributed by atoms with Crippen LogP contribution in [0.3, 0.4) is 0 Å². The van der Waals surface area contributed by atoms with Gasteiger partial charge in [0, 0.05) is 0 Å². The maximum atomic E-state index is 11.0.